The Morgan fingerprint density at radius 3 is 0.791 bits per heavy atom. The Bertz CT molecular complexity index is 2310. The van der Waals surface area contributed by atoms with Gasteiger partial charge >= 0.3 is 0 Å². The Balaban J connectivity index is -0.000000489. The Hall–Kier alpha value is -5.15. The van der Waals surface area contributed by atoms with Crippen LogP contribution in [-0.4, -0.2) is 87.3 Å². The lowest BCUT2D eigenvalue weighted by atomic mass is 9.81. The lowest BCUT2D eigenvalue weighted by Gasteiger charge is -2.20. The van der Waals surface area contributed by atoms with Crippen LogP contribution in [0.25, 0.3) is 0 Å². The van der Waals surface area contributed by atoms with Gasteiger partial charge in [0.05, 0.1) is 12.1 Å². The van der Waals surface area contributed by atoms with E-state index in [1.54, 1.807) is 38.1 Å². The van der Waals surface area contributed by atoms with E-state index in [4.69, 9.17) is 11.5 Å². The number of hydrogen-bond acceptors (Lipinski definition) is 15. The highest BCUT2D eigenvalue weighted by Gasteiger charge is 2.48. The SMILES string of the molecule is CC(C)C(=O)C(C)C.CC(C)C(=O)C1CC1C(=O)C(C)C.CC(C)C(=O)C1CCCC1C(=O)C(C)C.CC(C)C(=O)CC(N)C(=O)C(C)C.CC(C)C(=O)CCC(=O)C(C)C.CC(C)C(=O)CCC(N)C(=O)C(C)C.CC(C)C(=O)c1ccc(C(=O)C(C)C)cc1. The van der Waals surface area contributed by atoms with Crippen molar-refractivity contribution < 1.29 is 62.3 Å². The zero-order valence-corrected chi connectivity index (χ0v) is 62.2. The summed E-state index contributed by atoms with van der Waals surface area (Å²) >= 11 is 0. The molecule has 0 saturated heterocycles. The first kappa shape index (κ1) is 92.3. The third kappa shape index (κ3) is 38.6. The summed E-state index contributed by atoms with van der Waals surface area (Å²) in [6.45, 7) is 52.6. The number of ketones is 13. The van der Waals surface area contributed by atoms with Crippen LogP contribution in [-0.2, 0) is 52.7 Å². The summed E-state index contributed by atoms with van der Waals surface area (Å²) in [5.41, 5.74) is 12.6. The van der Waals surface area contributed by atoms with Crippen molar-refractivity contribution >= 4 is 75.2 Å². The fourth-order valence-corrected chi connectivity index (χ4v) is 9.27. The second-order valence-electron chi connectivity index (χ2n) is 29.2. The first-order valence-corrected chi connectivity index (χ1v) is 34.1. The predicted molar refractivity (Wildman–Crippen MR) is 369 cm³/mol. The molecule has 2 aliphatic carbocycles. The van der Waals surface area contributed by atoms with Gasteiger partial charge < -0.3 is 11.5 Å². The molecule has 6 unspecified atom stereocenters. The molecule has 4 N–H and O–H groups in total. The van der Waals surface area contributed by atoms with Crippen LogP contribution in [0.1, 0.15) is 272 Å². The lowest BCUT2D eigenvalue weighted by molar-refractivity contribution is -0.134. The Labute approximate surface area is 552 Å². The molecule has 1 aromatic carbocycles. The minimum atomic E-state index is -0.616. The van der Waals surface area contributed by atoms with Gasteiger partial charge in [-0.1, -0.05) is 225 Å². The molecular weight excluding hydrogens is 1150 g/mol. The van der Waals surface area contributed by atoms with E-state index in [0.717, 1.165) is 25.7 Å². The third-order valence-electron chi connectivity index (χ3n) is 15.9. The molecular formula is C76H130N2O13. The Morgan fingerprint density at radius 2 is 0.560 bits per heavy atom. The molecule has 0 aromatic heterocycles. The van der Waals surface area contributed by atoms with Crippen molar-refractivity contribution in [2.45, 2.75) is 264 Å². The van der Waals surface area contributed by atoms with Crippen LogP contribution in [0.2, 0.25) is 0 Å². The smallest absolute Gasteiger partial charge is 0.165 e. The number of nitrogens with two attached hydrogens (primary N) is 2. The van der Waals surface area contributed by atoms with Gasteiger partial charge in [-0.3, -0.25) is 62.3 Å². The van der Waals surface area contributed by atoms with Gasteiger partial charge in [0.2, 0.25) is 0 Å². The van der Waals surface area contributed by atoms with Crippen LogP contribution < -0.4 is 11.5 Å². The minimum absolute atomic E-state index is 0.00773. The van der Waals surface area contributed by atoms with E-state index in [1.807, 2.05) is 180 Å². The molecule has 0 bridgehead atoms. The van der Waals surface area contributed by atoms with E-state index in [1.165, 1.54) is 0 Å². The van der Waals surface area contributed by atoms with Crippen LogP contribution in [0.3, 0.4) is 0 Å². The standard InChI is InChI=1S/C14H18O2.C13H22O2.C11H21NO2.C11H18O2.C10H19NO2.C10H18O2.C7H14O/c1-9(2)13(15)11-5-7-12(8-6-11)14(16)10(3)4;1-8(2)12(14)10-6-5-7-11(10)13(15)9(3)4;1-7(2)10(13)6-5-9(12)11(14)8(3)4;1-6(2)10(12)8-5-9(8)11(13)7(3)4;1-6(2)9(12)5-8(11)10(13)7(3)4;1-7(2)9(11)5-6-10(12)8(3)4;1-5(2)7(8)6(3)4/h5-10H,1-4H3;8-11H,5-7H2,1-4H3;7-9H,5-6,12H2,1-4H3;6-9H,5H2,1-4H3;6-8H,5,11H2,1-4H3;7-8H,5-6H2,1-4H3;5-6H,1-4H3. The molecule has 3 rings (SSSR count). The van der Waals surface area contributed by atoms with Gasteiger partial charge in [0, 0.05) is 143 Å². The number of Topliss-reactive ketones (excluding diaryl/α,β-unsaturated/α-hetero) is 13. The number of carbonyl (C=O) groups excluding carboxylic acids is 13. The molecule has 2 aliphatic rings. The summed E-state index contributed by atoms with van der Waals surface area (Å²) in [4.78, 5) is 149. The quantitative estimate of drug-likeness (QED) is 0.0678. The first-order valence-electron chi connectivity index (χ1n) is 34.1. The van der Waals surface area contributed by atoms with Crippen molar-refractivity contribution in [2.75, 3.05) is 0 Å². The molecule has 0 heterocycles. The van der Waals surface area contributed by atoms with Crippen LogP contribution >= 0.6 is 0 Å². The van der Waals surface area contributed by atoms with Gasteiger partial charge in [0.1, 0.15) is 52.0 Å². The molecule has 2 saturated carbocycles. The van der Waals surface area contributed by atoms with Gasteiger partial charge in [-0.25, -0.2) is 0 Å². The fraction of sp³-hybridized carbons (Fsp3) is 0.750. The van der Waals surface area contributed by atoms with E-state index < -0.39 is 12.1 Å². The molecule has 0 radical (unpaired) electrons. The maximum absolute atomic E-state index is 11.9. The van der Waals surface area contributed by atoms with Crippen LogP contribution in [0, 0.1) is 107 Å². The van der Waals surface area contributed by atoms with Gasteiger partial charge in [-0.2, -0.15) is 0 Å². The van der Waals surface area contributed by atoms with E-state index in [0.29, 0.717) is 42.6 Å². The monoisotopic (exact) mass is 1280 g/mol. The van der Waals surface area contributed by atoms with Gasteiger partial charge in [0.25, 0.3) is 0 Å². The molecule has 2 fully saturated rings. The second-order valence-corrected chi connectivity index (χ2v) is 29.2. The second kappa shape index (κ2) is 46.8. The summed E-state index contributed by atoms with van der Waals surface area (Å²) in [7, 11) is 0. The van der Waals surface area contributed by atoms with Gasteiger partial charge in [-0.05, 0) is 25.7 Å². The number of hydrogen-bond donors (Lipinski definition) is 2. The van der Waals surface area contributed by atoms with Crippen molar-refractivity contribution in [3.05, 3.63) is 35.4 Å². The summed E-state index contributed by atoms with van der Waals surface area (Å²) in [6.07, 6.45) is 5.56. The molecule has 0 aliphatic heterocycles. The van der Waals surface area contributed by atoms with E-state index >= 15 is 0 Å². The Morgan fingerprint density at radius 1 is 0.308 bits per heavy atom. The topological polar surface area (TPSA) is 274 Å². The van der Waals surface area contributed by atoms with Crippen molar-refractivity contribution in [1.29, 1.82) is 0 Å². The van der Waals surface area contributed by atoms with Crippen LogP contribution in [0.15, 0.2) is 24.3 Å². The highest BCUT2D eigenvalue weighted by Crippen LogP contribution is 2.43. The number of carbonyl (C=O) groups is 13. The van der Waals surface area contributed by atoms with Gasteiger partial charge in [-0.15, -0.1) is 0 Å². The third-order valence-corrected chi connectivity index (χ3v) is 15.9. The fourth-order valence-electron chi connectivity index (χ4n) is 9.27. The summed E-state index contributed by atoms with van der Waals surface area (Å²) in [6, 6.07) is 5.85. The average Bonchev–Trinajstić information content (AvgIpc) is 1.68. The summed E-state index contributed by atoms with van der Waals surface area (Å²) < 4.78 is 0. The number of rotatable bonds is 30. The largest absolute Gasteiger partial charge is 0.321 e. The summed E-state index contributed by atoms with van der Waals surface area (Å²) in [5.74, 6) is 3.09. The maximum Gasteiger partial charge on any atom is 0.165 e. The molecule has 6 atom stereocenters. The zero-order valence-electron chi connectivity index (χ0n) is 62.2. The summed E-state index contributed by atoms with van der Waals surface area (Å²) in [5, 5.41) is 0. The van der Waals surface area contributed by atoms with Crippen LogP contribution in [0.4, 0.5) is 0 Å². The predicted octanol–water partition coefficient (Wildman–Crippen LogP) is 15.1. The van der Waals surface area contributed by atoms with Crippen molar-refractivity contribution in [1.82, 2.24) is 0 Å². The molecule has 91 heavy (non-hydrogen) atoms. The normalized spacial score (nSPS) is 16.4. The van der Waals surface area contributed by atoms with Gasteiger partial charge in [0.15, 0.2) is 23.1 Å². The number of benzene rings is 1. The van der Waals surface area contributed by atoms with E-state index in [9.17, 15) is 62.3 Å². The molecule has 1 aromatic rings. The highest BCUT2D eigenvalue weighted by molar-refractivity contribution is 6.01. The van der Waals surface area contributed by atoms with Crippen molar-refractivity contribution in [3.8, 4) is 0 Å². The highest BCUT2D eigenvalue weighted by atomic mass is 16.2. The average molecular weight is 1280 g/mol. The molecule has 0 spiro atoms. The van der Waals surface area contributed by atoms with E-state index in [2.05, 4.69) is 0 Å². The first-order chi connectivity index (χ1) is 41.5. The molecule has 522 valence electrons. The lowest BCUT2D eigenvalue weighted by Crippen LogP contribution is -2.36. The minimum Gasteiger partial charge on any atom is -0.321 e. The molecule has 0 amide bonds. The maximum atomic E-state index is 11.9. The Kier molecular flexibility index (Phi) is 47.5. The molecule has 15 heteroatoms. The van der Waals surface area contributed by atoms with Crippen molar-refractivity contribution in [3.63, 3.8) is 0 Å². The van der Waals surface area contributed by atoms with E-state index in [-0.39, 0.29) is 182 Å². The molecule has 15 nitrogen and oxygen atoms in total. The van der Waals surface area contributed by atoms with Crippen LogP contribution in [0.5, 0.6) is 0 Å². The zero-order chi connectivity index (χ0) is 72.4. The van der Waals surface area contributed by atoms with Crippen molar-refractivity contribution in [2.24, 2.45) is 118 Å².